The Morgan fingerprint density at radius 1 is 1.10 bits per heavy atom. The number of benzene rings is 1. The van der Waals surface area contributed by atoms with Crippen molar-refractivity contribution in [1.29, 1.82) is 0 Å². The summed E-state index contributed by atoms with van der Waals surface area (Å²) in [6, 6.07) is 7.54. The van der Waals surface area contributed by atoms with Crippen LogP contribution in [0.3, 0.4) is 0 Å². The van der Waals surface area contributed by atoms with Gasteiger partial charge in [0.15, 0.2) is 0 Å². The number of morpholine rings is 1. The lowest BCUT2D eigenvalue weighted by Crippen LogP contribution is -2.63. The number of carbonyl (C=O) groups excluding carboxylic acids is 5. The highest BCUT2D eigenvalue weighted by molar-refractivity contribution is 5.95. The fourth-order valence-electron chi connectivity index (χ4n) is 11.5. The summed E-state index contributed by atoms with van der Waals surface area (Å²) in [6.45, 7) is 21.8. The summed E-state index contributed by atoms with van der Waals surface area (Å²) in [5, 5.41) is 5.63. The minimum Gasteiger partial charge on any atom is -0.464 e. The number of amides is 5. The molecule has 8 rings (SSSR count). The third-order valence-electron chi connectivity index (χ3n) is 15.5. The topological polar surface area (TPSA) is 180 Å². The first-order chi connectivity index (χ1) is 33.9. The van der Waals surface area contributed by atoms with E-state index in [-0.39, 0.29) is 49.6 Å². The van der Waals surface area contributed by atoms with Crippen molar-refractivity contribution in [2.45, 2.75) is 123 Å². The molecule has 18 heteroatoms. The van der Waals surface area contributed by atoms with Gasteiger partial charge < -0.3 is 48.4 Å². The second kappa shape index (κ2) is 21.3. The van der Waals surface area contributed by atoms with Gasteiger partial charge in [-0.3, -0.25) is 29.2 Å². The molecule has 0 radical (unpaired) electrons. The molecule has 7 atom stereocenters. The number of nitrogens with zero attached hydrogens (tertiary/aromatic N) is 7. The Bertz CT molecular complexity index is 2490. The predicted octanol–water partition coefficient (Wildman–Crippen LogP) is 5.29. The summed E-state index contributed by atoms with van der Waals surface area (Å²) in [5.41, 5.74) is 8.18. The van der Waals surface area contributed by atoms with Gasteiger partial charge >= 0.3 is 12.0 Å². The van der Waals surface area contributed by atoms with Crippen LogP contribution < -0.4 is 15.6 Å². The summed E-state index contributed by atoms with van der Waals surface area (Å²) in [5.74, 6) is -1.92. The monoisotopic (exact) mass is 982 g/mol. The van der Waals surface area contributed by atoms with Gasteiger partial charge in [-0.05, 0) is 87.4 Å². The number of hydrazine groups is 1. The highest BCUT2D eigenvalue weighted by Crippen LogP contribution is 2.42. The number of hydrogen-bond acceptors (Lipinski definition) is 12. The summed E-state index contributed by atoms with van der Waals surface area (Å²) >= 11 is 0. The van der Waals surface area contributed by atoms with Crippen molar-refractivity contribution in [3.05, 3.63) is 60.4 Å². The van der Waals surface area contributed by atoms with Crippen LogP contribution in [0, 0.1) is 17.3 Å². The molecule has 4 fully saturated rings. The van der Waals surface area contributed by atoms with Crippen LogP contribution in [0.1, 0.15) is 91.5 Å². The molecule has 3 aromatic rings. The van der Waals surface area contributed by atoms with E-state index in [2.05, 4.69) is 71.8 Å². The van der Waals surface area contributed by atoms with Gasteiger partial charge in [-0.2, -0.15) is 0 Å². The standard InChI is InChI=1S/C53H75N9O9/c1-11-44(63)60-30-53(71-32-60)19-22-59(28-34(53)5)51(67)57(9)46(33(3)4)48(64)55-42-26-37-29-58(23-24-69-37)36-17-18-43-39(25-36)40(47(61(43)12-2)38-15-13-20-54-45(38)35(6)68-10)27-52(7,8)31-70-50(66)41-16-14-21-62(56-41)49(42)65/h11,13,15,17-18,20,25,33-35,37,41-42,46,56H,1,12,14,16,19,21-24,26-32H2,2-10H3,(H,55,64)/t34-,35-,37-,41-,42-,46-,53-/m0/s1. The van der Waals surface area contributed by atoms with Gasteiger partial charge in [0.2, 0.25) is 11.8 Å². The van der Waals surface area contributed by atoms with Gasteiger partial charge in [0, 0.05) is 99.5 Å². The Balaban J connectivity index is 1.09. The Hall–Kier alpha value is -5.56. The normalized spacial score (nSPS) is 26.0. The van der Waals surface area contributed by atoms with Crippen LogP contribution in [0.15, 0.2) is 49.2 Å². The molecule has 71 heavy (non-hydrogen) atoms. The number of ether oxygens (including phenoxy) is 4. The largest absolute Gasteiger partial charge is 0.464 e. The molecule has 7 heterocycles. The molecule has 1 spiro atoms. The summed E-state index contributed by atoms with van der Waals surface area (Å²) in [4.78, 5) is 82.2. The molecular formula is C53H75N9O9. The zero-order valence-corrected chi connectivity index (χ0v) is 43.2. The number of aryl methyl sites for hydroxylation is 1. The second-order valence-electron chi connectivity index (χ2n) is 21.3. The van der Waals surface area contributed by atoms with Gasteiger partial charge in [-0.25, -0.2) is 10.2 Å². The van der Waals surface area contributed by atoms with Gasteiger partial charge in [0.1, 0.15) is 24.9 Å². The fraction of sp³-hybridized carbons (Fsp3) is 0.623. The number of likely N-dealkylation sites (tertiary alicyclic amines) is 1. The number of esters is 1. The van der Waals surface area contributed by atoms with Gasteiger partial charge in [-0.15, -0.1) is 0 Å². The zero-order valence-electron chi connectivity index (χ0n) is 43.2. The molecule has 0 aliphatic carbocycles. The summed E-state index contributed by atoms with van der Waals surface area (Å²) in [7, 11) is 3.32. The molecule has 0 unspecified atom stereocenters. The molecule has 386 valence electrons. The first-order valence-corrected chi connectivity index (χ1v) is 25.5. The predicted molar refractivity (Wildman–Crippen MR) is 269 cm³/mol. The highest BCUT2D eigenvalue weighted by atomic mass is 16.5. The van der Waals surface area contributed by atoms with Crippen molar-refractivity contribution in [1.82, 2.24) is 40.0 Å². The Morgan fingerprint density at radius 3 is 2.61 bits per heavy atom. The molecule has 4 saturated heterocycles. The molecule has 0 saturated carbocycles. The molecule has 1 aromatic carbocycles. The number of nitrogens with one attached hydrogen (secondary N) is 2. The number of methoxy groups -OCH3 is 1. The smallest absolute Gasteiger partial charge is 0.324 e. The Labute approximate surface area is 418 Å². The number of cyclic esters (lactones) is 1. The van der Waals surface area contributed by atoms with E-state index < -0.39 is 53.0 Å². The number of pyridine rings is 1. The maximum absolute atomic E-state index is 14.8. The molecule has 5 aliphatic rings. The molecule has 2 aromatic heterocycles. The van der Waals surface area contributed by atoms with E-state index in [1.165, 1.54) is 16.0 Å². The van der Waals surface area contributed by atoms with E-state index in [0.717, 1.165) is 39.1 Å². The second-order valence-corrected chi connectivity index (χ2v) is 21.3. The number of urea groups is 1. The van der Waals surface area contributed by atoms with E-state index in [4.69, 9.17) is 23.9 Å². The minimum absolute atomic E-state index is 0.0871. The van der Waals surface area contributed by atoms with Gasteiger partial charge in [0.05, 0.1) is 49.0 Å². The maximum atomic E-state index is 14.8. The molecular weight excluding hydrogens is 907 g/mol. The lowest BCUT2D eigenvalue weighted by atomic mass is 9.82. The average Bonchev–Trinajstić information content (AvgIpc) is 3.94. The van der Waals surface area contributed by atoms with Gasteiger partial charge in [-0.1, -0.05) is 41.2 Å². The molecule has 18 nitrogen and oxygen atoms in total. The number of piperidine rings is 1. The third kappa shape index (κ3) is 10.5. The number of carbonyl (C=O) groups is 5. The van der Waals surface area contributed by atoms with Crippen molar-refractivity contribution in [3.8, 4) is 11.3 Å². The van der Waals surface area contributed by atoms with E-state index in [0.29, 0.717) is 78.1 Å². The van der Waals surface area contributed by atoms with Crippen LogP contribution in [0.2, 0.25) is 0 Å². The van der Waals surface area contributed by atoms with Crippen LogP contribution in [-0.4, -0.2) is 162 Å². The lowest BCUT2D eigenvalue weighted by Gasteiger charge is -2.45. The van der Waals surface area contributed by atoms with Crippen LogP contribution in [0.25, 0.3) is 22.2 Å². The molecule has 5 aliphatic heterocycles. The van der Waals surface area contributed by atoms with E-state index in [9.17, 15) is 24.0 Å². The van der Waals surface area contributed by atoms with Crippen LogP contribution in [0.4, 0.5) is 10.5 Å². The van der Waals surface area contributed by atoms with Gasteiger partial charge in [0.25, 0.3) is 5.91 Å². The molecule has 2 N–H and O–H groups in total. The van der Waals surface area contributed by atoms with E-state index in [1.807, 2.05) is 33.8 Å². The number of rotatable bonds is 9. The zero-order chi connectivity index (χ0) is 50.9. The van der Waals surface area contributed by atoms with Crippen LogP contribution >= 0.6 is 0 Å². The number of likely N-dealkylation sites (N-methyl/N-ethyl adjacent to an activating group) is 1. The minimum atomic E-state index is -1.06. The van der Waals surface area contributed by atoms with Crippen molar-refractivity contribution < 1.29 is 42.9 Å². The fourth-order valence-corrected chi connectivity index (χ4v) is 11.5. The summed E-state index contributed by atoms with van der Waals surface area (Å²) < 4.78 is 27.0. The van der Waals surface area contributed by atoms with E-state index in [1.54, 1.807) is 30.2 Å². The van der Waals surface area contributed by atoms with E-state index >= 15 is 0 Å². The Kier molecular flexibility index (Phi) is 15.5. The number of fused-ring (bicyclic) bond motifs is 6. The Morgan fingerprint density at radius 2 is 1.89 bits per heavy atom. The SMILES string of the molecule is C=CC(=O)N1CO[C@@]2(CCN(C(=O)N(C)[C@H](C(=O)N[C@H]3C[C@H]4CN(CCO4)c4ccc5c(c4)c(c(-c4cccnc4[C@H](C)OC)n5CC)CC(C)(C)COC(=O)[C@@H]4CCCN(N4)C3=O)C(C)C)C[C@@H]2C)C1. The van der Waals surface area contributed by atoms with Crippen molar-refractivity contribution in [3.63, 3.8) is 0 Å². The summed E-state index contributed by atoms with van der Waals surface area (Å²) in [6.07, 6.45) is 4.64. The first kappa shape index (κ1) is 51.8. The lowest BCUT2D eigenvalue weighted by molar-refractivity contribution is -0.156. The number of anilines is 1. The highest BCUT2D eigenvalue weighted by Gasteiger charge is 2.49. The number of aromatic nitrogens is 2. The van der Waals surface area contributed by atoms with Crippen molar-refractivity contribution in [2.24, 2.45) is 17.3 Å². The quantitative estimate of drug-likeness (QED) is 0.209. The maximum Gasteiger partial charge on any atom is 0.324 e. The molecule has 6 bridgehead atoms. The number of hydrogen-bond donors (Lipinski definition) is 2. The van der Waals surface area contributed by atoms with Crippen LogP contribution in [0.5, 0.6) is 0 Å². The first-order valence-electron chi connectivity index (χ1n) is 25.5. The van der Waals surface area contributed by atoms with Crippen molar-refractivity contribution in [2.75, 3.05) is 78.3 Å². The van der Waals surface area contributed by atoms with Crippen LogP contribution in [-0.2, 0) is 51.1 Å². The van der Waals surface area contributed by atoms with Crippen molar-refractivity contribution >= 4 is 46.3 Å². The average molecular weight is 982 g/mol. The molecule has 5 amide bonds. The third-order valence-corrected chi connectivity index (χ3v) is 15.5.